The standard InChI is InChI=1S/C16H13F3N4O3/c1-9-14(23(24)25)13(8-26-2)12(7-20)15(21-9)22-11-5-3-4-10(6-11)16(17,18)19/h3-6H,8H2,1-2H3,(H,21,22). The second-order valence-corrected chi connectivity index (χ2v) is 5.25. The van der Waals surface area contributed by atoms with Gasteiger partial charge in [-0.05, 0) is 25.1 Å². The van der Waals surface area contributed by atoms with Crippen molar-refractivity contribution in [1.29, 1.82) is 5.26 Å². The molecule has 0 unspecified atom stereocenters. The summed E-state index contributed by atoms with van der Waals surface area (Å²) in [7, 11) is 1.31. The van der Waals surface area contributed by atoms with E-state index in [1.165, 1.54) is 26.2 Å². The van der Waals surface area contributed by atoms with Gasteiger partial charge < -0.3 is 10.1 Å². The highest BCUT2D eigenvalue weighted by atomic mass is 19.4. The summed E-state index contributed by atoms with van der Waals surface area (Å²) in [4.78, 5) is 14.6. The van der Waals surface area contributed by atoms with Gasteiger partial charge in [-0.25, -0.2) is 4.98 Å². The van der Waals surface area contributed by atoms with E-state index in [9.17, 15) is 28.5 Å². The van der Waals surface area contributed by atoms with Gasteiger partial charge >= 0.3 is 6.18 Å². The number of hydrogen-bond donors (Lipinski definition) is 1. The summed E-state index contributed by atoms with van der Waals surface area (Å²) < 4.78 is 43.4. The molecule has 0 aliphatic rings. The lowest BCUT2D eigenvalue weighted by atomic mass is 10.1. The number of hydrogen-bond acceptors (Lipinski definition) is 6. The first-order valence-electron chi connectivity index (χ1n) is 7.20. The highest BCUT2D eigenvalue weighted by Gasteiger charge is 2.31. The first-order valence-corrected chi connectivity index (χ1v) is 7.20. The molecule has 1 N–H and O–H groups in total. The van der Waals surface area contributed by atoms with Crippen molar-refractivity contribution in [2.45, 2.75) is 19.7 Å². The fraction of sp³-hybridized carbons (Fsp3) is 0.250. The molecule has 0 atom stereocenters. The van der Waals surface area contributed by atoms with Crippen LogP contribution in [0.2, 0.25) is 0 Å². The number of nitriles is 1. The van der Waals surface area contributed by atoms with Crippen molar-refractivity contribution in [2.24, 2.45) is 0 Å². The summed E-state index contributed by atoms with van der Waals surface area (Å²) in [6, 6.07) is 6.13. The largest absolute Gasteiger partial charge is 0.416 e. The van der Waals surface area contributed by atoms with Crippen LogP contribution in [0.1, 0.15) is 22.4 Å². The van der Waals surface area contributed by atoms with Gasteiger partial charge in [0, 0.05) is 12.8 Å². The maximum absolute atomic E-state index is 12.8. The topological polar surface area (TPSA) is 101 Å². The third-order valence-corrected chi connectivity index (χ3v) is 3.48. The van der Waals surface area contributed by atoms with Gasteiger partial charge in [0.25, 0.3) is 5.69 Å². The minimum absolute atomic E-state index is 0.00183. The van der Waals surface area contributed by atoms with E-state index < -0.39 is 16.7 Å². The lowest BCUT2D eigenvalue weighted by Crippen LogP contribution is -2.09. The van der Waals surface area contributed by atoms with Gasteiger partial charge in [-0.3, -0.25) is 10.1 Å². The van der Waals surface area contributed by atoms with E-state index in [1.807, 2.05) is 0 Å². The molecule has 0 aliphatic heterocycles. The maximum atomic E-state index is 12.8. The Bertz CT molecular complexity index is 892. The number of ether oxygens (including phenoxy) is 1. The van der Waals surface area contributed by atoms with Gasteiger partial charge in [-0.2, -0.15) is 18.4 Å². The van der Waals surface area contributed by atoms with Gasteiger partial charge in [-0.1, -0.05) is 6.07 Å². The van der Waals surface area contributed by atoms with Gasteiger partial charge in [0.1, 0.15) is 23.1 Å². The molecular weight excluding hydrogens is 353 g/mol. The Hall–Kier alpha value is -3.19. The molecule has 2 rings (SSSR count). The molecule has 1 aromatic carbocycles. The highest BCUT2D eigenvalue weighted by Crippen LogP contribution is 2.34. The molecule has 1 heterocycles. The normalized spacial score (nSPS) is 11.1. The molecule has 0 amide bonds. The lowest BCUT2D eigenvalue weighted by Gasteiger charge is -2.14. The van der Waals surface area contributed by atoms with Crippen LogP contribution in [0.25, 0.3) is 0 Å². The summed E-state index contributed by atoms with van der Waals surface area (Å²) in [5.41, 5.74) is -1.35. The molecule has 26 heavy (non-hydrogen) atoms. The van der Waals surface area contributed by atoms with Gasteiger partial charge in [0.2, 0.25) is 0 Å². The number of rotatable bonds is 5. The number of halogens is 3. The third kappa shape index (κ3) is 3.89. The highest BCUT2D eigenvalue weighted by molar-refractivity contribution is 5.69. The summed E-state index contributed by atoms with van der Waals surface area (Å²) in [5.74, 6) is -0.0815. The zero-order chi connectivity index (χ0) is 19.5. The van der Waals surface area contributed by atoms with E-state index in [1.54, 1.807) is 6.07 Å². The molecule has 0 fully saturated rings. The molecule has 0 bridgehead atoms. The quantitative estimate of drug-likeness (QED) is 0.632. The molecule has 0 aliphatic carbocycles. The molecule has 7 nitrogen and oxygen atoms in total. The smallest absolute Gasteiger partial charge is 0.380 e. The second-order valence-electron chi connectivity index (χ2n) is 5.25. The molecule has 0 radical (unpaired) electrons. The van der Waals surface area contributed by atoms with Crippen LogP contribution in [0, 0.1) is 28.4 Å². The monoisotopic (exact) mass is 366 g/mol. The molecule has 0 spiro atoms. The van der Waals surface area contributed by atoms with Crippen LogP contribution in [-0.2, 0) is 17.5 Å². The molecule has 2 aromatic rings. The number of benzene rings is 1. The van der Waals surface area contributed by atoms with Crippen LogP contribution in [0.3, 0.4) is 0 Å². The molecular formula is C16H13F3N4O3. The molecule has 0 saturated heterocycles. The summed E-state index contributed by atoms with van der Waals surface area (Å²) in [6.45, 7) is 1.15. The van der Waals surface area contributed by atoms with Crippen molar-refractivity contribution in [2.75, 3.05) is 12.4 Å². The predicted molar refractivity (Wildman–Crippen MR) is 85.8 cm³/mol. The number of nitrogens with zero attached hydrogens (tertiary/aromatic N) is 3. The Balaban J connectivity index is 2.58. The zero-order valence-corrected chi connectivity index (χ0v) is 13.7. The van der Waals surface area contributed by atoms with Crippen molar-refractivity contribution < 1.29 is 22.8 Å². The Labute approximate surface area is 146 Å². The number of anilines is 2. The SMILES string of the molecule is COCc1c(C#N)c(Nc2cccc(C(F)(F)F)c2)nc(C)c1[N+](=O)[O-]. The average Bonchev–Trinajstić information content (AvgIpc) is 2.54. The predicted octanol–water partition coefficient (Wildman–Crippen LogP) is 4.08. The fourth-order valence-corrected chi connectivity index (χ4v) is 2.40. The average molecular weight is 366 g/mol. The van der Waals surface area contributed by atoms with Crippen molar-refractivity contribution in [1.82, 2.24) is 4.98 Å². The molecule has 10 heteroatoms. The lowest BCUT2D eigenvalue weighted by molar-refractivity contribution is -0.386. The van der Waals surface area contributed by atoms with Crippen molar-refractivity contribution in [3.8, 4) is 6.07 Å². The van der Waals surface area contributed by atoms with Crippen LogP contribution in [0.5, 0.6) is 0 Å². The first-order chi connectivity index (χ1) is 12.2. The number of alkyl halides is 3. The molecule has 0 saturated carbocycles. The van der Waals surface area contributed by atoms with E-state index in [-0.39, 0.29) is 40.6 Å². The Morgan fingerprint density at radius 1 is 1.42 bits per heavy atom. The van der Waals surface area contributed by atoms with Gasteiger partial charge in [0.15, 0.2) is 0 Å². The second kappa shape index (κ2) is 7.37. The van der Waals surface area contributed by atoms with Crippen LogP contribution in [-0.4, -0.2) is 17.0 Å². The van der Waals surface area contributed by atoms with E-state index in [2.05, 4.69) is 10.3 Å². The Morgan fingerprint density at radius 2 is 2.12 bits per heavy atom. The zero-order valence-electron chi connectivity index (χ0n) is 13.7. The Kier molecular flexibility index (Phi) is 5.42. The third-order valence-electron chi connectivity index (χ3n) is 3.48. The number of pyridine rings is 1. The van der Waals surface area contributed by atoms with E-state index in [0.717, 1.165) is 12.1 Å². The number of aromatic nitrogens is 1. The van der Waals surface area contributed by atoms with E-state index in [0.29, 0.717) is 0 Å². The van der Waals surface area contributed by atoms with Crippen molar-refractivity contribution in [3.05, 3.63) is 56.8 Å². The Morgan fingerprint density at radius 3 is 2.65 bits per heavy atom. The first kappa shape index (κ1) is 19.1. The summed E-state index contributed by atoms with van der Waals surface area (Å²) in [5, 5.41) is 23.3. The van der Waals surface area contributed by atoms with Crippen molar-refractivity contribution >= 4 is 17.2 Å². The minimum Gasteiger partial charge on any atom is -0.380 e. The fourth-order valence-electron chi connectivity index (χ4n) is 2.40. The minimum atomic E-state index is -4.53. The van der Waals surface area contributed by atoms with E-state index in [4.69, 9.17) is 4.74 Å². The summed E-state index contributed by atoms with van der Waals surface area (Å²) in [6.07, 6.45) is -4.53. The number of nitro groups is 1. The van der Waals surface area contributed by atoms with E-state index >= 15 is 0 Å². The molecule has 1 aromatic heterocycles. The number of aryl methyl sites for hydroxylation is 1. The number of nitrogens with one attached hydrogen (secondary N) is 1. The van der Waals surface area contributed by atoms with Crippen LogP contribution >= 0.6 is 0 Å². The van der Waals surface area contributed by atoms with Crippen molar-refractivity contribution in [3.63, 3.8) is 0 Å². The van der Waals surface area contributed by atoms with Crippen LogP contribution in [0.4, 0.5) is 30.4 Å². The maximum Gasteiger partial charge on any atom is 0.416 e. The van der Waals surface area contributed by atoms with Gasteiger partial charge in [-0.15, -0.1) is 0 Å². The van der Waals surface area contributed by atoms with Crippen LogP contribution in [0.15, 0.2) is 24.3 Å². The molecule has 136 valence electrons. The number of methoxy groups -OCH3 is 1. The van der Waals surface area contributed by atoms with Gasteiger partial charge in [0.05, 0.1) is 22.7 Å². The van der Waals surface area contributed by atoms with Crippen LogP contribution < -0.4 is 5.32 Å². The summed E-state index contributed by atoms with van der Waals surface area (Å²) >= 11 is 0.